The van der Waals surface area contributed by atoms with E-state index >= 15 is 0 Å². The van der Waals surface area contributed by atoms with Gasteiger partial charge in [-0.2, -0.15) is 0 Å². The second kappa shape index (κ2) is 8.39. The van der Waals surface area contributed by atoms with Gasteiger partial charge in [0.15, 0.2) is 0 Å². The first-order valence-electron chi connectivity index (χ1n) is 7.71. The van der Waals surface area contributed by atoms with Crippen molar-refractivity contribution in [3.05, 3.63) is 58.6 Å². The van der Waals surface area contributed by atoms with Gasteiger partial charge in [-0.3, -0.25) is 4.79 Å². The minimum Gasteiger partial charge on any atom is -0.508 e. The molecule has 0 radical (unpaired) electrons. The van der Waals surface area contributed by atoms with E-state index in [-0.39, 0.29) is 11.7 Å². The Morgan fingerprint density at radius 1 is 1.12 bits per heavy atom. The topological polar surface area (TPSA) is 81.7 Å². The maximum atomic E-state index is 12.0. The number of benzene rings is 2. The molecule has 3 N–H and O–H groups in total. The van der Waals surface area contributed by atoms with Crippen LogP contribution < -0.4 is 10.6 Å². The van der Waals surface area contributed by atoms with Crippen molar-refractivity contribution in [1.29, 1.82) is 0 Å². The van der Waals surface area contributed by atoms with Gasteiger partial charge in [-0.25, -0.2) is 4.79 Å². The van der Waals surface area contributed by atoms with Crippen molar-refractivity contribution in [2.24, 2.45) is 0 Å². The van der Waals surface area contributed by atoms with Crippen LogP contribution in [0.25, 0.3) is 0 Å². The average Bonchev–Trinajstić information content (AvgIpc) is 2.58. The number of rotatable bonds is 5. The summed E-state index contributed by atoms with van der Waals surface area (Å²) < 4.78 is 0. The minimum absolute atomic E-state index is 0.174. The Bertz CT molecular complexity index is 761. The zero-order chi connectivity index (χ0) is 18.4. The fourth-order valence-electron chi connectivity index (χ4n) is 2.16. The summed E-state index contributed by atoms with van der Waals surface area (Å²) in [6.07, 6.45) is 0.626. The number of carbonyl (C=O) groups excluding carboxylic acids is 2. The van der Waals surface area contributed by atoms with Gasteiger partial charge in [0.25, 0.3) is 5.91 Å². The molecule has 0 atom stereocenters. The average molecular weight is 362 g/mol. The number of halogens is 1. The van der Waals surface area contributed by atoms with Crippen molar-refractivity contribution in [1.82, 2.24) is 10.2 Å². The lowest BCUT2D eigenvalue weighted by Crippen LogP contribution is -2.30. The number of phenols is 1. The molecule has 0 fully saturated rings. The van der Waals surface area contributed by atoms with E-state index in [0.29, 0.717) is 29.2 Å². The van der Waals surface area contributed by atoms with Crippen LogP contribution in [-0.2, 0) is 6.42 Å². The van der Waals surface area contributed by atoms with E-state index in [9.17, 15) is 14.7 Å². The van der Waals surface area contributed by atoms with Crippen LogP contribution in [0.3, 0.4) is 0 Å². The second-order valence-corrected chi connectivity index (χ2v) is 6.10. The number of aromatic hydroxyl groups is 1. The number of phenolic OH excluding ortho intramolecular Hbond substituents is 1. The Kier molecular flexibility index (Phi) is 6.25. The van der Waals surface area contributed by atoms with Crippen LogP contribution in [0, 0.1) is 0 Å². The summed E-state index contributed by atoms with van der Waals surface area (Å²) >= 11 is 6.08. The number of nitrogens with one attached hydrogen (secondary N) is 2. The molecular weight excluding hydrogens is 342 g/mol. The third-order valence-electron chi connectivity index (χ3n) is 3.50. The second-order valence-electron chi connectivity index (χ2n) is 5.69. The minimum atomic E-state index is -0.407. The van der Waals surface area contributed by atoms with Gasteiger partial charge in [-0.15, -0.1) is 0 Å². The van der Waals surface area contributed by atoms with Crippen molar-refractivity contribution in [3.63, 3.8) is 0 Å². The maximum absolute atomic E-state index is 12.0. The summed E-state index contributed by atoms with van der Waals surface area (Å²) in [7, 11) is 3.31. The highest BCUT2D eigenvalue weighted by atomic mass is 35.5. The standard InChI is InChI=1S/C18H20ClN3O3/c1-22(2)17(24)13-5-8-15(19)16(11-13)21-18(25)20-10-9-12-3-6-14(23)7-4-12/h3-8,11,23H,9-10H2,1-2H3,(H2,20,21,25). The summed E-state index contributed by atoms with van der Waals surface area (Å²) in [4.78, 5) is 25.4. The van der Waals surface area contributed by atoms with Gasteiger partial charge in [-0.1, -0.05) is 23.7 Å². The molecule has 0 saturated carbocycles. The van der Waals surface area contributed by atoms with Crippen molar-refractivity contribution in [2.45, 2.75) is 6.42 Å². The molecule has 2 aromatic carbocycles. The third-order valence-corrected chi connectivity index (χ3v) is 3.83. The van der Waals surface area contributed by atoms with E-state index < -0.39 is 6.03 Å². The zero-order valence-corrected chi connectivity index (χ0v) is 14.8. The SMILES string of the molecule is CN(C)C(=O)c1ccc(Cl)c(NC(=O)NCCc2ccc(O)cc2)c1. The molecule has 0 aliphatic heterocycles. The van der Waals surface area contributed by atoms with Crippen LogP contribution in [0.5, 0.6) is 5.75 Å². The summed E-state index contributed by atoms with van der Waals surface area (Å²) in [5.74, 6) is 0.0312. The fraction of sp³-hybridized carbons (Fsp3) is 0.222. The van der Waals surface area contributed by atoms with Crippen LogP contribution in [0.2, 0.25) is 5.02 Å². The summed E-state index contributed by atoms with van der Waals surface area (Å²) in [5.41, 5.74) is 1.81. The van der Waals surface area contributed by atoms with Crippen LogP contribution in [0.4, 0.5) is 10.5 Å². The van der Waals surface area contributed by atoms with Crippen molar-refractivity contribution >= 4 is 29.2 Å². The molecule has 0 unspecified atom stereocenters. The first-order valence-corrected chi connectivity index (χ1v) is 8.08. The molecule has 0 aromatic heterocycles. The lowest BCUT2D eigenvalue weighted by atomic mass is 10.1. The largest absolute Gasteiger partial charge is 0.508 e. The number of urea groups is 1. The van der Waals surface area contributed by atoms with E-state index in [4.69, 9.17) is 11.6 Å². The predicted octanol–water partition coefficient (Wildman–Crippen LogP) is 3.11. The first-order chi connectivity index (χ1) is 11.9. The number of hydrogen-bond acceptors (Lipinski definition) is 3. The van der Waals surface area contributed by atoms with E-state index in [1.165, 1.54) is 4.90 Å². The Morgan fingerprint density at radius 2 is 1.80 bits per heavy atom. The molecule has 7 heteroatoms. The normalized spacial score (nSPS) is 10.2. The molecule has 0 saturated heterocycles. The molecule has 0 bridgehead atoms. The highest BCUT2D eigenvalue weighted by Crippen LogP contribution is 2.23. The van der Waals surface area contributed by atoms with E-state index in [0.717, 1.165) is 5.56 Å². The highest BCUT2D eigenvalue weighted by molar-refractivity contribution is 6.33. The Labute approximate surface area is 151 Å². The molecule has 132 valence electrons. The number of hydrogen-bond donors (Lipinski definition) is 3. The fourth-order valence-corrected chi connectivity index (χ4v) is 2.33. The van der Waals surface area contributed by atoms with E-state index in [1.54, 1.807) is 56.6 Å². The molecular formula is C18H20ClN3O3. The molecule has 0 aliphatic carbocycles. The van der Waals surface area contributed by atoms with Crippen LogP contribution in [0.1, 0.15) is 15.9 Å². The highest BCUT2D eigenvalue weighted by Gasteiger charge is 2.12. The lowest BCUT2D eigenvalue weighted by molar-refractivity contribution is 0.0827. The van der Waals surface area contributed by atoms with Gasteiger partial charge in [0.1, 0.15) is 5.75 Å². The number of anilines is 1. The summed E-state index contributed by atoms with van der Waals surface area (Å²) in [5, 5.41) is 15.0. The van der Waals surface area contributed by atoms with Gasteiger partial charge in [0, 0.05) is 26.2 Å². The Morgan fingerprint density at radius 3 is 2.44 bits per heavy atom. The molecule has 0 heterocycles. The van der Waals surface area contributed by atoms with Gasteiger partial charge >= 0.3 is 6.03 Å². The van der Waals surface area contributed by atoms with Crippen LogP contribution >= 0.6 is 11.6 Å². The number of nitrogens with zero attached hydrogens (tertiary/aromatic N) is 1. The molecule has 25 heavy (non-hydrogen) atoms. The number of carbonyl (C=O) groups is 2. The van der Waals surface area contributed by atoms with Gasteiger partial charge < -0.3 is 20.6 Å². The molecule has 2 rings (SSSR count). The zero-order valence-electron chi connectivity index (χ0n) is 14.0. The van der Waals surface area contributed by atoms with Crippen molar-refractivity contribution < 1.29 is 14.7 Å². The van der Waals surface area contributed by atoms with Gasteiger partial charge in [-0.05, 0) is 42.3 Å². The lowest BCUT2D eigenvalue weighted by Gasteiger charge is -2.13. The Balaban J connectivity index is 1.92. The van der Waals surface area contributed by atoms with Gasteiger partial charge in [0.05, 0.1) is 10.7 Å². The molecule has 0 spiro atoms. The molecule has 2 aromatic rings. The van der Waals surface area contributed by atoms with Crippen molar-refractivity contribution in [3.8, 4) is 5.75 Å². The molecule has 3 amide bonds. The maximum Gasteiger partial charge on any atom is 0.319 e. The predicted molar refractivity (Wildman–Crippen MR) is 98.3 cm³/mol. The third kappa shape index (κ3) is 5.39. The van der Waals surface area contributed by atoms with Crippen molar-refractivity contribution in [2.75, 3.05) is 26.0 Å². The first kappa shape index (κ1) is 18.6. The Hall–Kier alpha value is -2.73. The van der Waals surface area contributed by atoms with Crippen LogP contribution in [0.15, 0.2) is 42.5 Å². The van der Waals surface area contributed by atoms with E-state index in [1.807, 2.05) is 0 Å². The monoisotopic (exact) mass is 361 g/mol. The summed E-state index contributed by atoms with van der Waals surface area (Å²) in [6.45, 7) is 0.421. The van der Waals surface area contributed by atoms with E-state index in [2.05, 4.69) is 10.6 Å². The smallest absolute Gasteiger partial charge is 0.319 e. The quantitative estimate of drug-likeness (QED) is 0.765. The molecule has 6 nitrogen and oxygen atoms in total. The molecule has 0 aliphatic rings. The van der Waals surface area contributed by atoms with Crippen LogP contribution in [-0.4, -0.2) is 42.6 Å². The van der Waals surface area contributed by atoms with Gasteiger partial charge in [0.2, 0.25) is 0 Å². The number of amides is 3. The summed E-state index contributed by atoms with van der Waals surface area (Å²) in [6, 6.07) is 11.1.